The number of carboxylic acid groups (broad SMARTS) is 2. The number of rotatable bonds is 11. The number of phenols is 1. The number of aliphatic carboxylic acids is 2. The minimum atomic E-state index is -2.22. The van der Waals surface area contributed by atoms with Gasteiger partial charge in [0, 0.05) is 19.9 Å². The minimum Gasteiger partial charge on any atom is -0.508 e. The fourth-order valence-electron chi connectivity index (χ4n) is 4.05. The van der Waals surface area contributed by atoms with Gasteiger partial charge >= 0.3 is 11.9 Å². The van der Waals surface area contributed by atoms with Gasteiger partial charge in [-0.25, -0.2) is 4.79 Å². The van der Waals surface area contributed by atoms with Gasteiger partial charge in [-0.3, -0.25) is 9.59 Å². The van der Waals surface area contributed by atoms with Crippen molar-refractivity contribution in [3.05, 3.63) is 65.7 Å². The number of nitrogens with one attached hydrogen (secondary N) is 2. The van der Waals surface area contributed by atoms with E-state index in [-0.39, 0.29) is 25.3 Å². The van der Waals surface area contributed by atoms with E-state index in [1.54, 1.807) is 42.5 Å². The molecule has 5 atom stereocenters. The molecule has 2 aromatic carbocycles. The molecule has 1 fully saturated rings. The summed E-state index contributed by atoms with van der Waals surface area (Å²) in [4.78, 5) is 35.9. The maximum Gasteiger partial charge on any atom is 0.364 e. The molecule has 1 aliphatic heterocycles. The number of aliphatic hydroxyl groups excluding tert-OH is 1. The first-order valence-electron chi connectivity index (χ1n) is 11.4. The Morgan fingerprint density at radius 1 is 1.08 bits per heavy atom. The highest BCUT2D eigenvalue weighted by Gasteiger charge is 2.53. The Balaban J connectivity index is 1.79. The van der Waals surface area contributed by atoms with Crippen LogP contribution in [-0.2, 0) is 36.9 Å². The molecule has 1 amide bonds. The summed E-state index contributed by atoms with van der Waals surface area (Å²) in [5, 5.41) is 45.3. The van der Waals surface area contributed by atoms with E-state index < -0.39 is 54.3 Å². The predicted molar refractivity (Wildman–Crippen MR) is 126 cm³/mol. The molecule has 0 radical (unpaired) electrons. The zero-order chi connectivity index (χ0) is 26.3. The Kier molecular flexibility index (Phi) is 8.99. The zero-order valence-corrected chi connectivity index (χ0v) is 19.7. The van der Waals surface area contributed by atoms with Crippen LogP contribution in [0.3, 0.4) is 0 Å². The number of phenolic OH excluding ortho intramolecular Hbond substituents is 1. The Labute approximate surface area is 207 Å². The van der Waals surface area contributed by atoms with Crippen molar-refractivity contribution in [2.24, 2.45) is 0 Å². The van der Waals surface area contributed by atoms with E-state index in [0.717, 1.165) is 0 Å². The average molecular weight is 503 g/mol. The van der Waals surface area contributed by atoms with E-state index in [2.05, 4.69) is 10.6 Å². The fraction of sp³-hybridized carbons (Fsp3) is 0.400. The molecule has 0 bridgehead atoms. The second-order valence-electron chi connectivity index (χ2n) is 8.66. The maximum absolute atomic E-state index is 12.2. The summed E-state index contributed by atoms with van der Waals surface area (Å²) in [7, 11) is 0. The van der Waals surface area contributed by atoms with E-state index in [9.17, 15) is 34.8 Å². The molecule has 3 rings (SSSR count). The lowest BCUT2D eigenvalue weighted by atomic mass is 9.92. The van der Waals surface area contributed by atoms with Gasteiger partial charge in [0.2, 0.25) is 5.91 Å². The van der Waals surface area contributed by atoms with Crippen molar-refractivity contribution in [1.29, 1.82) is 0 Å². The third-order valence-corrected chi connectivity index (χ3v) is 5.88. The summed E-state index contributed by atoms with van der Waals surface area (Å²) in [6.07, 6.45) is -2.87. The third kappa shape index (κ3) is 7.01. The van der Waals surface area contributed by atoms with Crippen LogP contribution in [0.4, 0.5) is 0 Å². The molecule has 0 saturated carbocycles. The van der Waals surface area contributed by atoms with Gasteiger partial charge in [0.25, 0.3) is 5.79 Å². The normalized spacial score (nSPS) is 24.6. The average Bonchev–Trinajstić information content (AvgIpc) is 2.83. The molecule has 11 nitrogen and oxygen atoms in total. The lowest BCUT2D eigenvalue weighted by Gasteiger charge is -2.44. The van der Waals surface area contributed by atoms with Crippen LogP contribution in [0.5, 0.6) is 5.75 Å². The third-order valence-electron chi connectivity index (χ3n) is 5.88. The van der Waals surface area contributed by atoms with Gasteiger partial charge in [-0.05, 0) is 29.7 Å². The summed E-state index contributed by atoms with van der Waals surface area (Å²) in [5.41, 5.74) is 1.33. The molecular weight excluding hydrogens is 472 g/mol. The molecule has 36 heavy (non-hydrogen) atoms. The van der Waals surface area contributed by atoms with Gasteiger partial charge < -0.3 is 40.5 Å². The monoisotopic (exact) mass is 502 g/mol. The number of aliphatic hydroxyl groups is 1. The first-order chi connectivity index (χ1) is 17.1. The Morgan fingerprint density at radius 3 is 2.33 bits per heavy atom. The Morgan fingerprint density at radius 2 is 1.75 bits per heavy atom. The number of carbonyl (C=O) groups is 3. The van der Waals surface area contributed by atoms with Gasteiger partial charge in [0.15, 0.2) is 0 Å². The first-order valence-corrected chi connectivity index (χ1v) is 11.4. The minimum absolute atomic E-state index is 0.0434. The van der Waals surface area contributed by atoms with Gasteiger partial charge in [-0.1, -0.05) is 42.5 Å². The summed E-state index contributed by atoms with van der Waals surface area (Å²) in [5.74, 6) is -5.27. The number of aromatic hydroxyl groups is 1. The lowest BCUT2D eigenvalue weighted by Crippen LogP contribution is -2.66. The molecule has 0 aliphatic carbocycles. The molecule has 3 unspecified atom stereocenters. The Hall–Kier alpha value is -3.51. The van der Waals surface area contributed by atoms with Crippen molar-refractivity contribution in [1.82, 2.24) is 10.6 Å². The molecule has 1 heterocycles. The summed E-state index contributed by atoms with van der Waals surface area (Å²) in [6, 6.07) is 12.8. The van der Waals surface area contributed by atoms with E-state index >= 15 is 0 Å². The van der Waals surface area contributed by atoms with E-state index in [1.807, 2.05) is 0 Å². The molecule has 2 aromatic rings. The van der Waals surface area contributed by atoms with Crippen LogP contribution in [0.2, 0.25) is 0 Å². The number of hydrogen-bond donors (Lipinski definition) is 6. The van der Waals surface area contributed by atoms with Gasteiger partial charge in [0.1, 0.15) is 11.8 Å². The van der Waals surface area contributed by atoms with E-state index in [0.29, 0.717) is 11.1 Å². The van der Waals surface area contributed by atoms with Crippen molar-refractivity contribution in [3.63, 3.8) is 0 Å². The highest BCUT2D eigenvalue weighted by atomic mass is 16.7. The van der Waals surface area contributed by atoms with Crippen LogP contribution in [0.15, 0.2) is 54.6 Å². The highest BCUT2D eigenvalue weighted by molar-refractivity contribution is 5.76. The number of benzene rings is 2. The molecule has 194 valence electrons. The van der Waals surface area contributed by atoms with Gasteiger partial charge in [-0.15, -0.1) is 0 Å². The van der Waals surface area contributed by atoms with Crippen LogP contribution in [0.25, 0.3) is 0 Å². The van der Waals surface area contributed by atoms with Crippen molar-refractivity contribution in [2.75, 3.05) is 6.54 Å². The lowest BCUT2D eigenvalue weighted by molar-refractivity contribution is -0.298. The number of carboxylic acids is 2. The van der Waals surface area contributed by atoms with Gasteiger partial charge in [0.05, 0.1) is 24.9 Å². The van der Waals surface area contributed by atoms with Crippen LogP contribution in [0.1, 0.15) is 24.5 Å². The van der Waals surface area contributed by atoms with Gasteiger partial charge in [-0.2, -0.15) is 0 Å². The van der Waals surface area contributed by atoms with Crippen LogP contribution < -0.4 is 10.6 Å². The number of ether oxygens (including phenoxy) is 2. The molecule has 0 aromatic heterocycles. The topological polar surface area (TPSA) is 175 Å². The molecule has 0 spiro atoms. The van der Waals surface area contributed by atoms with Crippen LogP contribution in [-0.4, -0.2) is 74.9 Å². The summed E-state index contributed by atoms with van der Waals surface area (Å²) in [6.45, 7) is 0.928. The fourth-order valence-corrected chi connectivity index (χ4v) is 4.05. The Bertz CT molecular complexity index is 1050. The molecular formula is C25H30N2O9. The predicted octanol–water partition coefficient (Wildman–Crippen LogP) is 0.630. The second kappa shape index (κ2) is 12.0. The smallest absolute Gasteiger partial charge is 0.364 e. The number of hydrogen-bond acceptors (Lipinski definition) is 8. The van der Waals surface area contributed by atoms with E-state index in [4.69, 9.17) is 9.47 Å². The molecule has 11 heteroatoms. The SMILES string of the molecule is CC(=O)N[C@@H]1C(O)C[C@](OCc2ccccc2)(C(=O)O)OC1CNC(Cc1ccc(O)cc1)C(=O)O. The molecule has 6 N–H and O–H groups in total. The molecule has 1 saturated heterocycles. The largest absolute Gasteiger partial charge is 0.508 e. The number of amides is 1. The summed E-state index contributed by atoms with van der Waals surface area (Å²) < 4.78 is 11.5. The number of carbonyl (C=O) groups excluding carboxylic acids is 1. The van der Waals surface area contributed by atoms with Crippen molar-refractivity contribution in [3.8, 4) is 5.75 Å². The first kappa shape index (κ1) is 27.1. The van der Waals surface area contributed by atoms with Crippen LogP contribution in [0, 0.1) is 0 Å². The molecule has 1 aliphatic rings. The zero-order valence-electron chi connectivity index (χ0n) is 19.7. The van der Waals surface area contributed by atoms with Crippen molar-refractivity contribution < 1.29 is 44.3 Å². The van der Waals surface area contributed by atoms with Crippen molar-refractivity contribution >= 4 is 17.8 Å². The van der Waals surface area contributed by atoms with Crippen molar-refractivity contribution in [2.45, 2.75) is 56.5 Å². The highest BCUT2D eigenvalue weighted by Crippen LogP contribution is 2.32. The standard InChI is InChI=1S/C25H30N2O9/c1-15(28)27-22-20(30)12-25(24(33)34,35-14-17-5-3-2-4-6-17)36-21(22)13-26-19(23(31)32)11-16-7-9-18(29)10-8-16/h2-10,19-22,26,29-30H,11-14H2,1H3,(H,27,28)(H,31,32)(H,33,34)/t19?,20?,21?,22-,25-/m1/s1. The quantitative estimate of drug-likeness (QED) is 0.256. The summed E-state index contributed by atoms with van der Waals surface area (Å²) >= 11 is 0. The van der Waals surface area contributed by atoms with E-state index in [1.165, 1.54) is 19.1 Å². The maximum atomic E-state index is 12.2. The second-order valence-corrected chi connectivity index (χ2v) is 8.66. The van der Waals surface area contributed by atoms with Crippen LogP contribution >= 0.6 is 0 Å².